The Kier molecular flexibility index (Phi) is 1.72. The molecule has 3 rings (SSSR count). The lowest BCUT2D eigenvalue weighted by Crippen LogP contribution is -1.92. The molecule has 3 aromatic rings. The Balaban J connectivity index is 2.57. The van der Waals surface area contributed by atoms with Gasteiger partial charge in [0.1, 0.15) is 5.82 Å². The van der Waals surface area contributed by atoms with Crippen LogP contribution in [0, 0.1) is 13.8 Å². The zero-order valence-corrected chi connectivity index (χ0v) is 9.33. The van der Waals surface area contributed by atoms with Gasteiger partial charge in [0.25, 0.3) is 0 Å². The van der Waals surface area contributed by atoms with Crippen LogP contribution in [-0.4, -0.2) is 9.97 Å². The molecule has 0 spiro atoms. The number of anilines is 1. The van der Waals surface area contributed by atoms with Gasteiger partial charge < -0.3 is 10.7 Å². The van der Waals surface area contributed by atoms with Crippen LogP contribution < -0.4 is 5.73 Å². The Morgan fingerprint density at radius 2 is 1.94 bits per heavy atom. The highest BCUT2D eigenvalue weighted by molar-refractivity contribution is 6.08. The van der Waals surface area contributed by atoms with Crippen LogP contribution in [0.3, 0.4) is 0 Å². The molecule has 0 aliphatic rings. The maximum absolute atomic E-state index is 5.79. The number of nitrogens with two attached hydrogens (primary N) is 1. The number of fused-ring (bicyclic) bond motifs is 3. The summed E-state index contributed by atoms with van der Waals surface area (Å²) in [5.41, 5.74) is 10.2. The molecule has 3 nitrogen and oxygen atoms in total. The lowest BCUT2D eigenvalue weighted by atomic mass is 10.1. The molecule has 3 N–H and O–H groups in total. The molecule has 0 unspecified atom stereocenters. The number of aromatic amines is 1. The number of aryl methyl sites for hydroxylation is 2. The third-order valence-corrected chi connectivity index (χ3v) is 2.95. The van der Waals surface area contributed by atoms with Gasteiger partial charge in [-0.25, -0.2) is 4.98 Å². The average Bonchev–Trinajstić information content (AvgIpc) is 2.57. The van der Waals surface area contributed by atoms with Crippen LogP contribution in [-0.2, 0) is 0 Å². The molecular weight excluding hydrogens is 198 g/mol. The van der Waals surface area contributed by atoms with Crippen LogP contribution in [0.4, 0.5) is 5.82 Å². The summed E-state index contributed by atoms with van der Waals surface area (Å²) in [4.78, 5) is 7.65. The number of hydrogen-bond acceptors (Lipinski definition) is 2. The second-order valence-corrected chi connectivity index (χ2v) is 4.23. The van der Waals surface area contributed by atoms with Crippen LogP contribution in [0.25, 0.3) is 21.8 Å². The number of benzene rings is 1. The van der Waals surface area contributed by atoms with Crippen molar-refractivity contribution < 1.29 is 0 Å². The van der Waals surface area contributed by atoms with Gasteiger partial charge in [-0.1, -0.05) is 11.6 Å². The van der Waals surface area contributed by atoms with Crippen LogP contribution in [0.15, 0.2) is 24.3 Å². The molecule has 0 atom stereocenters. The average molecular weight is 211 g/mol. The fourth-order valence-electron chi connectivity index (χ4n) is 2.19. The van der Waals surface area contributed by atoms with E-state index in [1.54, 1.807) is 0 Å². The lowest BCUT2D eigenvalue weighted by Gasteiger charge is -1.98. The molecule has 3 heteroatoms. The number of aromatic nitrogens is 2. The third kappa shape index (κ3) is 1.18. The Bertz CT molecular complexity index is 695. The topological polar surface area (TPSA) is 54.7 Å². The van der Waals surface area contributed by atoms with Crippen molar-refractivity contribution in [3.63, 3.8) is 0 Å². The Labute approximate surface area is 93.3 Å². The van der Waals surface area contributed by atoms with Crippen LogP contribution in [0.1, 0.15) is 11.3 Å². The summed E-state index contributed by atoms with van der Waals surface area (Å²) in [5, 5.41) is 2.37. The number of nitrogens with zero attached hydrogens (tertiary/aromatic N) is 1. The minimum absolute atomic E-state index is 0.576. The van der Waals surface area contributed by atoms with Crippen molar-refractivity contribution in [2.75, 3.05) is 5.73 Å². The zero-order valence-electron chi connectivity index (χ0n) is 9.33. The van der Waals surface area contributed by atoms with Gasteiger partial charge in [-0.15, -0.1) is 0 Å². The van der Waals surface area contributed by atoms with E-state index < -0.39 is 0 Å². The van der Waals surface area contributed by atoms with Gasteiger partial charge in [0.2, 0.25) is 0 Å². The normalized spacial score (nSPS) is 11.4. The molecule has 16 heavy (non-hydrogen) atoms. The van der Waals surface area contributed by atoms with E-state index in [1.165, 1.54) is 10.9 Å². The second kappa shape index (κ2) is 2.98. The van der Waals surface area contributed by atoms with Crippen LogP contribution in [0.5, 0.6) is 0 Å². The SMILES string of the molecule is Cc1ccc2[nH]c3c(C)nc(N)cc3c2c1. The first-order valence-electron chi connectivity index (χ1n) is 5.30. The molecule has 0 aliphatic carbocycles. The van der Waals surface area contributed by atoms with Gasteiger partial charge in [0.15, 0.2) is 0 Å². The largest absolute Gasteiger partial charge is 0.384 e. The summed E-state index contributed by atoms with van der Waals surface area (Å²) in [5.74, 6) is 0.576. The summed E-state index contributed by atoms with van der Waals surface area (Å²) in [6.45, 7) is 4.07. The predicted octanol–water partition coefficient (Wildman–Crippen LogP) is 2.92. The summed E-state index contributed by atoms with van der Waals surface area (Å²) >= 11 is 0. The van der Waals surface area contributed by atoms with E-state index in [0.29, 0.717) is 5.82 Å². The molecule has 2 aromatic heterocycles. The van der Waals surface area contributed by atoms with Gasteiger partial charge in [0, 0.05) is 16.3 Å². The minimum Gasteiger partial charge on any atom is -0.384 e. The molecular formula is C13H13N3. The standard InChI is InChI=1S/C13H13N3/c1-7-3-4-11-9(5-7)10-6-12(14)15-8(2)13(10)16-11/h3-6,16H,1-2H3,(H2,14,15). The molecule has 80 valence electrons. The summed E-state index contributed by atoms with van der Waals surface area (Å²) < 4.78 is 0. The molecule has 2 heterocycles. The highest BCUT2D eigenvalue weighted by atomic mass is 14.9. The lowest BCUT2D eigenvalue weighted by molar-refractivity contribution is 1.23. The second-order valence-electron chi connectivity index (χ2n) is 4.23. The first-order valence-corrected chi connectivity index (χ1v) is 5.30. The highest BCUT2D eigenvalue weighted by Crippen LogP contribution is 2.28. The first kappa shape index (κ1) is 9.21. The number of nitrogens with one attached hydrogen (secondary N) is 1. The minimum atomic E-state index is 0.576. The number of rotatable bonds is 0. The molecule has 0 fully saturated rings. The fourth-order valence-corrected chi connectivity index (χ4v) is 2.19. The van der Waals surface area contributed by atoms with Gasteiger partial charge >= 0.3 is 0 Å². The van der Waals surface area contributed by atoms with Crippen LogP contribution >= 0.6 is 0 Å². The third-order valence-electron chi connectivity index (χ3n) is 2.95. The molecule has 0 saturated carbocycles. The molecule has 0 amide bonds. The summed E-state index contributed by atoms with van der Waals surface area (Å²) in [6.07, 6.45) is 0. The van der Waals surface area contributed by atoms with Crippen molar-refractivity contribution in [2.24, 2.45) is 0 Å². The van der Waals surface area contributed by atoms with E-state index in [2.05, 4.69) is 35.1 Å². The smallest absolute Gasteiger partial charge is 0.124 e. The quantitative estimate of drug-likeness (QED) is 0.600. The van der Waals surface area contributed by atoms with E-state index in [-0.39, 0.29) is 0 Å². The van der Waals surface area contributed by atoms with E-state index in [4.69, 9.17) is 5.73 Å². The molecule has 0 bridgehead atoms. The molecule has 0 aliphatic heterocycles. The van der Waals surface area contributed by atoms with E-state index >= 15 is 0 Å². The Morgan fingerprint density at radius 1 is 1.12 bits per heavy atom. The Morgan fingerprint density at radius 3 is 2.75 bits per heavy atom. The zero-order chi connectivity index (χ0) is 11.3. The van der Waals surface area contributed by atoms with Crippen molar-refractivity contribution >= 4 is 27.6 Å². The molecule has 1 aromatic carbocycles. The van der Waals surface area contributed by atoms with Crippen molar-refractivity contribution in [2.45, 2.75) is 13.8 Å². The number of hydrogen-bond donors (Lipinski definition) is 2. The number of nitrogen functional groups attached to an aromatic ring is 1. The van der Waals surface area contributed by atoms with Gasteiger partial charge in [-0.05, 0) is 32.0 Å². The van der Waals surface area contributed by atoms with E-state index in [0.717, 1.165) is 22.1 Å². The van der Waals surface area contributed by atoms with E-state index in [1.807, 2.05) is 13.0 Å². The summed E-state index contributed by atoms with van der Waals surface area (Å²) in [6, 6.07) is 8.30. The van der Waals surface area contributed by atoms with Gasteiger partial charge in [-0.3, -0.25) is 0 Å². The number of pyridine rings is 1. The number of H-pyrrole nitrogens is 1. The van der Waals surface area contributed by atoms with Crippen LogP contribution in [0.2, 0.25) is 0 Å². The van der Waals surface area contributed by atoms with Crippen molar-refractivity contribution in [1.82, 2.24) is 9.97 Å². The van der Waals surface area contributed by atoms with Crippen molar-refractivity contribution in [1.29, 1.82) is 0 Å². The van der Waals surface area contributed by atoms with Gasteiger partial charge in [-0.2, -0.15) is 0 Å². The monoisotopic (exact) mass is 211 g/mol. The Hall–Kier alpha value is -2.03. The van der Waals surface area contributed by atoms with E-state index in [9.17, 15) is 0 Å². The first-order chi connectivity index (χ1) is 7.65. The highest BCUT2D eigenvalue weighted by Gasteiger charge is 2.07. The predicted molar refractivity (Wildman–Crippen MR) is 67.5 cm³/mol. The summed E-state index contributed by atoms with van der Waals surface area (Å²) in [7, 11) is 0. The maximum atomic E-state index is 5.79. The molecule has 0 saturated heterocycles. The van der Waals surface area contributed by atoms with Gasteiger partial charge in [0.05, 0.1) is 11.2 Å². The van der Waals surface area contributed by atoms with Crippen molar-refractivity contribution in [3.8, 4) is 0 Å². The maximum Gasteiger partial charge on any atom is 0.124 e. The molecule has 0 radical (unpaired) electrons. The van der Waals surface area contributed by atoms with Crippen molar-refractivity contribution in [3.05, 3.63) is 35.5 Å². The fraction of sp³-hybridized carbons (Fsp3) is 0.154.